The molecule has 0 radical (unpaired) electrons. The summed E-state index contributed by atoms with van der Waals surface area (Å²) >= 11 is 0. The van der Waals surface area contributed by atoms with Gasteiger partial charge in [-0.15, -0.1) is 0 Å². The lowest BCUT2D eigenvalue weighted by Gasteiger charge is -2.27. The lowest BCUT2D eigenvalue weighted by atomic mass is 10.1. The maximum absolute atomic E-state index is 12.7. The molecule has 1 saturated heterocycles. The van der Waals surface area contributed by atoms with E-state index in [9.17, 15) is 14.4 Å². The smallest absolute Gasteiger partial charge is 0.322 e. The first-order chi connectivity index (χ1) is 12.3. The predicted molar refractivity (Wildman–Crippen MR) is 102 cm³/mol. The Labute approximate surface area is 154 Å². The summed E-state index contributed by atoms with van der Waals surface area (Å²) in [5.74, 6) is 0.186. The van der Waals surface area contributed by atoms with Gasteiger partial charge in [-0.25, -0.2) is 4.79 Å². The van der Waals surface area contributed by atoms with Crippen LogP contribution < -0.4 is 16.0 Å². The number of hydrogen-bond acceptors (Lipinski definition) is 3. The number of carbonyl (C=O) groups is 3. The predicted octanol–water partition coefficient (Wildman–Crippen LogP) is 2.72. The van der Waals surface area contributed by atoms with Crippen molar-refractivity contribution in [1.82, 2.24) is 10.2 Å². The number of carbonyl (C=O) groups excluding carboxylic acids is 3. The van der Waals surface area contributed by atoms with Crippen molar-refractivity contribution in [2.24, 2.45) is 5.92 Å². The van der Waals surface area contributed by atoms with E-state index in [-0.39, 0.29) is 29.8 Å². The van der Waals surface area contributed by atoms with Gasteiger partial charge in [0.25, 0.3) is 0 Å². The zero-order valence-corrected chi connectivity index (χ0v) is 15.9. The summed E-state index contributed by atoms with van der Waals surface area (Å²) in [6.07, 6.45) is 0.740. The monoisotopic (exact) mass is 360 g/mol. The highest BCUT2D eigenvalue weighted by atomic mass is 16.2. The number of benzene rings is 1. The van der Waals surface area contributed by atoms with Gasteiger partial charge in [0.05, 0.1) is 0 Å². The van der Waals surface area contributed by atoms with E-state index in [2.05, 4.69) is 16.0 Å². The summed E-state index contributed by atoms with van der Waals surface area (Å²) in [6.45, 7) is 8.59. The van der Waals surface area contributed by atoms with E-state index >= 15 is 0 Å². The molecule has 3 N–H and O–H groups in total. The Morgan fingerprint density at radius 3 is 2.73 bits per heavy atom. The molecule has 142 valence electrons. The quantitative estimate of drug-likeness (QED) is 0.771. The normalized spacial score (nSPS) is 17.5. The molecule has 1 aromatic carbocycles. The number of amides is 4. The highest BCUT2D eigenvalue weighted by Gasteiger charge is 2.24. The molecule has 1 fully saturated rings. The number of nitrogens with one attached hydrogen (secondary N) is 3. The van der Waals surface area contributed by atoms with Gasteiger partial charge in [-0.05, 0) is 37.5 Å². The van der Waals surface area contributed by atoms with Crippen molar-refractivity contribution in [3.8, 4) is 0 Å². The Kier molecular flexibility index (Phi) is 6.60. The minimum atomic E-state index is -0.247. The zero-order chi connectivity index (χ0) is 19.3. The molecule has 4 amide bonds. The van der Waals surface area contributed by atoms with Crippen molar-refractivity contribution in [3.05, 3.63) is 23.8 Å². The Hall–Kier alpha value is -2.57. The molecule has 1 aliphatic rings. The van der Waals surface area contributed by atoms with Crippen molar-refractivity contribution in [2.75, 3.05) is 23.7 Å². The summed E-state index contributed by atoms with van der Waals surface area (Å²) in [6, 6.07) is 5.10. The highest BCUT2D eigenvalue weighted by molar-refractivity contribution is 5.94. The minimum absolute atomic E-state index is 0.0433. The summed E-state index contributed by atoms with van der Waals surface area (Å²) in [7, 11) is 0. The molecule has 0 bridgehead atoms. The van der Waals surface area contributed by atoms with Crippen molar-refractivity contribution in [2.45, 2.75) is 46.6 Å². The molecular formula is C19H28N4O3. The maximum Gasteiger partial charge on any atom is 0.322 e. The van der Waals surface area contributed by atoms with E-state index in [0.29, 0.717) is 37.3 Å². The van der Waals surface area contributed by atoms with Crippen LogP contribution in [-0.4, -0.2) is 41.9 Å². The molecule has 7 heteroatoms. The molecule has 1 aromatic rings. The molecule has 0 saturated carbocycles. The average molecular weight is 360 g/mol. The van der Waals surface area contributed by atoms with Crippen LogP contribution in [0, 0.1) is 12.8 Å². The van der Waals surface area contributed by atoms with Crippen LogP contribution in [-0.2, 0) is 9.59 Å². The molecule has 0 aromatic heterocycles. The van der Waals surface area contributed by atoms with Crippen molar-refractivity contribution >= 4 is 29.2 Å². The largest absolute Gasteiger partial charge is 0.354 e. The lowest BCUT2D eigenvalue weighted by molar-refractivity contribution is -0.120. The highest BCUT2D eigenvalue weighted by Crippen LogP contribution is 2.22. The van der Waals surface area contributed by atoms with Crippen LogP contribution in [0.5, 0.6) is 0 Å². The summed E-state index contributed by atoms with van der Waals surface area (Å²) in [5, 5.41) is 8.56. The standard InChI is InChI=1S/C19H28N4O3/c1-12(2)9-18(25)21-15-6-5-13(3)16(10-15)22-19(26)23-8-7-17(24)20-11-14(23)4/h5-6,10,12,14H,7-9,11H2,1-4H3,(H,20,24)(H,21,25)(H,22,26)/t14-/m0/s1. The minimum Gasteiger partial charge on any atom is -0.354 e. The molecule has 7 nitrogen and oxygen atoms in total. The Bertz CT molecular complexity index is 687. The summed E-state index contributed by atoms with van der Waals surface area (Å²) < 4.78 is 0. The fraction of sp³-hybridized carbons (Fsp3) is 0.526. The van der Waals surface area contributed by atoms with E-state index in [0.717, 1.165) is 5.56 Å². The van der Waals surface area contributed by atoms with E-state index in [1.54, 1.807) is 11.0 Å². The topological polar surface area (TPSA) is 90.5 Å². The fourth-order valence-corrected chi connectivity index (χ4v) is 2.81. The van der Waals surface area contributed by atoms with Crippen molar-refractivity contribution < 1.29 is 14.4 Å². The first-order valence-electron chi connectivity index (χ1n) is 9.01. The van der Waals surface area contributed by atoms with Gasteiger partial charge in [-0.1, -0.05) is 19.9 Å². The van der Waals surface area contributed by atoms with Gasteiger partial charge in [0.1, 0.15) is 0 Å². The van der Waals surface area contributed by atoms with E-state index in [1.165, 1.54) is 0 Å². The van der Waals surface area contributed by atoms with Gasteiger partial charge in [-0.2, -0.15) is 0 Å². The number of anilines is 2. The second kappa shape index (κ2) is 8.69. The van der Waals surface area contributed by atoms with Gasteiger partial charge < -0.3 is 20.9 Å². The van der Waals surface area contributed by atoms with Gasteiger partial charge in [0.15, 0.2) is 0 Å². The van der Waals surface area contributed by atoms with Gasteiger partial charge in [0.2, 0.25) is 11.8 Å². The number of nitrogens with zero attached hydrogens (tertiary/aromatic N) is 1. The molecule has 1 atom stereocenters. The molecule has 0 spiro atoms. The van der Waals surface area contributed by atoms with Gasteiger partial charge in [0, 0.05) is 43.3 Å². The fourth-order valence-electron chi connectivity index (χ4n) is 2.81. The van der Waals surface area contributed by atoms with Crippen LogP contribution in [0.2, 0.25) is 0 Å². The van der Waals surface area contributed by atoms with Crippen molar-refractivity contribution in [3.63, 3.8) is 0 Å². The number of aryl methyl sites for hydroxylation is 1. The second-order valence-electron chi connectivity index (χ2n) is 7.20. The zero-order valence-electron chi connectivity index (χ0n) is 15.9. The first-order valence-corrected chi connectivity index (χ1v) is 9.01. The van der Waals surface area contributed by atoms with Crippen LogP contribution in [0.15, 0.2) is 18.2 Å². The van der Waals surface area contributed by atoms with Crippen LogP contribution >= 0.6 is 0 Å². The Balaban J connectivity index is 2.08. The van der Waals surface area contributed by atoms with E-state index in [1.807, 2.05) is 39.8 Å². The van der Waals surface area contributed by atoms with Gasteiger partial charge >= 0.3 is 6.03 Å². The summed E-state index contributed by atoms with van der Waals surface area (Å²) in [5.41, 5.74) is 2.20. The molecule has 0 unspecified atom stereocenters. The van der Waals surface area contributed by atoms with Crippen LogP contribution in [0.1, 0.15) is 39.2 Å². The molecule has 1 heterocycles. The number of rotatable bonds is 4. The second-order valence-corrected chi connectivity index (χ2v) is 7.20. The van der Waals surface area contributed by atoms with Crippen LogP contribution in [0.4, 0.5) is 16.2 Å². The average Bonchev–Trinajstić information content (AvgIpc) is 2.71. The Morgan fingerprint density at radius 1 is 1.31 bits per heavy atom. The third-order valence-electron chi connectivity index (χ3n) is 4.32. The number of hydrogen-bond donors (Lipinski definition) is 3. The maximum atomic E-state index is 12.7. The Morgan fingerprint density at radius 2 is 2.04 bits per heavy atom. The molecule has 0 aliphatic carbocycles. The lowest BCUT2D eigenvalue weighted by Crippen LogP contribution is -2.44. The van der Waals surface area contributed by atoms with Gasteiger partial charge in [-0.3, -0.25) is 9.59 Å². The van der Waals surface area contributed by atoms with E-state index < -0.39 is 0 Å². The van der Waals surface area contributed by atoms with Crippen LogP contribution in [0.3, 0.4) is 0 Å². The first kappa shape index (κ1) is 19.8. The third-order valence-corrected chi connectivity index (χ3v) is 4.32. The molecule has 1 aliphatic heterocycles. The van der Waals surface area contributed by atoms with E-state index in [4.69, 9.17) is 0 Å². The third kappa shape index (κ3) is 5.47. The molecular weight excluding hydrogens is 332 g/mol. The summed E-state index contributed by atoms with van der Waals surface area (Å²) in [4.78, 5) is 37.8. The van der Waals surface area contributed by atoms with Crippen LogP contribution in [0.25, 0.3) is 0 Å². The number of urea groups is 1. The SMILES string of the molecule is Cc1ccc(NC(=O)CC(C)C)cc1NC(=O)N1CCC(=O)NC[C@@H]1C. The molecule has 2 rings (SSSR count). The van der Waals surface area contributed by atoms with Crippen molar-refractivity contribution in [1.29, 1.82) is 0 Å². The molecule has 26 heavy (non-hydrogen) atoms.